The van der Waals surface area contributed by atoms with Crippen LogP contribution in [0.3, 0.4) is 0 Å². The van der Waals surface area contributed by atoms with Crippen molar-refractivity contribution in [1.82, 2.24) is 4.98 Å². The Labute approximate surface area is 190 Å². The average molecular weight is 439 g/mol. The Morgan fingerprint density at radius 3 is 2.41 bits per heavy atom. The van der Waals surface area contributed by atoms with Crippen molar-refractivity contribution in [2.24, 2.45) is 0 Å². The van der Waals surface area contributed by atoms with Crippen molar-refractivity contribution >= 4 is 43.4 Å². The zero-order chi connectivity index (χ0) is 22.1. The molecule has 5 rings (SSSR count). The summed E-state index contributed by atoms with van der Waals surface area (Å²) in [6.45, 7) is 2.49. The van der Waals surface area contributed by atoms with Crippen LogP contribution in [0.1, 0.15) is 21.5 Å². The van der Waals surface area contributed by atoms with E-state index >= 15 is 0 Å². The number of amides is 1. The molecule has 32 heavy (non-hydrogen) atoms. The van der Waals surface area contributed by atoms with Crippen molar-refractivity contribution in [2.45, 2.75) is 13.5 Å². The fourth-order valence-corrected chi connectivity index (χ4v) is 4.89. The normalized spacial score (nSPS) is 11.1. The van der Waals surface area contributed by atoms with Crippen molar-refractivity contribution < 1.29 is 9.53 Å². The molecule has 0 unspecified atom stereocenters. The van der Waals surface area contributed by atoms with Gasteiger partial charge in [0.1, 0.15) is 5.75 Å². The number of aromatic nitrogens is 1. The van der Waals surface area contributed by atoms with Crippen LogP contribution < -0.4 is 9.64 Å². The molecule has 0 aliphatic rings. The molecular formula is C27H22N2O2S. The van der Waals surface area contributed by atoms with Crippen LogP contribution in [0.25, 0.3) is 21.0 Å². The van der Waals surface area contributed by atoms with E-state index in [1.165, 1.54) is 16.9 Å². The number of ether oxygens (including phenoxy) is 1. The quantitative estimate of drug-likeness (QED) is 0.310. The first-order valence-corrected chi connectivity index (χ1v) is 11.2. The van der Waals surface area contributed by atoms with Crippen LogP contribution in [0.4, 0.5) is 5.13 Å². The predicted octanol–water partition coefficient (Wildman–Crippen LogP) is 6.61. The maximum absolute atomic E-state index is 13.9. The Bertz CT molecular complexity index is 1430. The first kappa shape index (κ1) is 20.2. The van der Waals surface area contributed by atoms with E-state index in [-0.39, 0.29) is 5.91 Å². The van der Waals surface area contributed by atoms with Gasteiger partial charge in [-0.15, -0.1) is 0 Å². The summed E-state index contributed by atoms with van der Waals surface area (Å²) in [6, 6.07) is 28.0. The Morgan fingerprint density at radius 2 is 1.66 bits per heavy atom. The molecule has 0 spiro atoms. The molecule has 1 amide bonds. The molecule has 0 saturated heterocycles. The molecule has 0 saturated carbocycles. The molecule has 0 aliphatic heterocycles. The molecule has 5 aromatic rings. The lowest BCUT2D eigenvalue weighted by molar-refractivity contribution is 0.0982. The van der Waals surface area contributed by atoms with E-state index in [9.17, 15) is 4.79 Å². The highest BCUT2D eigenvalue weighted by Gasteiger charge is 2.25. The van der Waals surface area contributed by atoms with Crippen molar-refractivity contribution in [1.29, 1.82) is 0 Å². The van der Waals surface area contributed by atoms with Gasteiger partial charge >= 0.3 is 0 Å². The summed E-state index contributed by atoms with van der Waals surface area (Å²) in [5.74, 6) is 0.427. The Morgan fingerprint density at radius 1 is 0.938 bits per heavy atom. The Kier molecular flexibility index (Phi) is 5.33. The van der Waals surface area contributed by atoms with E-state index in [0.717, 1.165) is 26.6 Å². The number of aryl methyl sites for hydroxylation is 1. The highest BCUT2D eigenvalue weighted by atomic mass is 32.1. The minimum Gasteiger partial charge on any atom is -0.496 e. The molecule has 0 N–H and O–H groups in total. The lowest BCUT2D eigenvalue weighted by Gasteiger charge is -2.21. The van der Waals surface area contributed by atoms with Crippen molar-refractivity contribution in [3.05, 3.63) is 102 Å². The third kappa shape index (κ3) is 3.83. The maximum atomic E-state index is 13.9. The second-order valence-corrected chi connectivity index (χ2v) is 8.75. The van der Waals surface area contributed by atoms with E-state index in [1.54, 1.807) is 12.0 Å². The topological polar surface area (TPSA) is 42.4 Å². The minimum atomic E-state index is -0.132. The molecule has 0 atom stereocenters. The molecule has 4 nitrogen and oxygen atoms in total. The summed E-state index contributed by atoms with van der Waals surface area (Å²) < 4.78 is 6.69. The Hall–Kier alpha value is -3.70. The average Bonchev–Trinajstić information content (AvgIpc) is 3.24. The number of hydrogen-bond donors (Lipinski definition) is 0. The van der Waals surface area contributed by atoms with Gasteiger partial charge in [-0.25, -0.2) is 4.98 Å². The standard InChI is InChI=1S/C27H22N2O2S/c1-18-12-13-23-25(14-18)32-27(28-23)29(17-19-8-4-3-5-9-19)26(30)22-15-20-10-6-7-11-21(20)16-24(22)31-2/h3-16H,17H2,1-2H3. The predicted molar refractivity (Wildman–Crippen MR) is 132 cm³/mol. The number of nitrogens with zero attached hydrogens (tertiary/aromatic N) is 2. The summed E-state index contributed by atoms with van der Waals surface area (Å²) in [5.41, 5.74) is 3.63. The number of carbonyl (C=O) groups is 1. The number of rotatable bonds is 5. The smallest absolute Gasteiger partial charge is 0.264 e. The first-order valence-electron chi connectivity index (χ1n) is 10.4. The molecule has 4 aromatic carbocycles. The third-order valence-electron chi connectivity index (χ3n) is 5.49. The summed E-state index contributed by atoms with van der Waals surface area (Å²) in [6.07, 6.45) is 0. The monoisotopic (exact) mass is 438 g/mol. The molecule has 158 valence electrons. The lowest BCUT2D eigenvalue weighted by Crippen LogP contribution is -2.30. The molecule has 0 radical (unpaired) electrons. The van der Waals surface area contributed by atoms with Crippen LogP contribution >= 0.6 is 11.3 Å². The van der Waals surface area contributed by atoms with Gasteiger partial charge in [-0.2, -0.15) is 0 Å². The number of fused-ring (bicyclic) bond motifs is 2. The summed E-state index contributed by atoms with van der Waals surface area (Å²) in [7, 11) is 1.60. The molecule has 0 fully saturated rings. The first-order chi connectivity index (χ1) is 15.6. The SMILES string of the molecule is COc1cc2ccccc2cc1C(=O)N(Cc1ccccc1)c1nc2ccc(C)cc2s1. The Balaban J connectivity index is 1.64. The van der Waals surface area contributed by atoms with Crippen LogP contribution in [-0.4, -0.2) is 18.0 Å². The van der Waals surface area contributed by atoms with Gasteiger partial charge in [-0.1, -0.05) is 72.0 Å². The maximum Gasteiger partial charge on any atom is 0.264 e. The zero-order valence-electron chi connectivity index (χ0n) is 17.9. The zero-order valence-corrected chi connectivity index (χ0v) is 18.7. The van der Waals surface area contributed by atoms with Gasteiger partial charge in [0.15, 0.2) is 5.13 Å². The van der Waals surface area contributed by atoms with Crippen LogP contribution in [0.15, 0.2) is 84.9 Å². The van der Waals surface area contributed by atoms with Crippen molar-refractivity contribution in [3.8, 4) is 5.75 Å². The molecule has 1 aromatic heterocycles. The van der Waals surface area contributed by atoms with Gasteiger partial charge in [-0.05, 0) is 53.1 Å². The summed E-state index contributed by atoms with van der Waals surface area (Å²) in [5, 5.41) is 2.71. The fraction of sp³-hybridized carbons (Fsp3) is 0.111. The van der Waals surface area contributed by atoms with Crippen LogP contribution in [0.2, 0.25) is 0 Å². The lowest BCUT2D eigenvalue weighted by atomic mass is 10.0. The van der Waals surface area contributed by atoms with Gasteiger partial charge in [0.2, 0.25) is 0 Å². The fourth-order valence-electron chi connectivity index (χ4n) is 3.83. The van der Waals surface area contributed by atoms with Gasteiger partial charge in [-0.3, -0.25) is 9.69 Å². The van der Waals surface area contributed by atoms with E-state index in [4.69, 9.17) is 9.72 Å². The third-order valence-corrected chi connectivity index (χ3v) is 6.53. The van der Waals surface area contributed by atoms with Gasteiger partial charge in [0.05, 0.1) is 29.4 Å². The van der Waals surface area contributed by atoms with E-state index < -0.39 is 0 Å². The van der Waals surface area contributed by atoms with Crippen molar-refractivity contribution in [3.63, 3.8) is 0 Å². The van der Waals surface area contributed by atoms with E-state index in [0.29, 0.717) is 23.0 Å². The minimum absolute atomic E-state index is 0.132. The number of carbonyl (C=O) groups excluding carboxylic acids is 1. The number of methoxy groups -OCH3 is 1. The van der Waals surface area contributed by atoms with Crippen LogP contribution in [0, 0.1) is 6.92 Å². The molecule has 0 bridgehead atoms. The highest BCUT2D eigenvalue weighted by molar-refractivity contribution is 7.22. The molecule has 0 aliphatic carbocycles. The molecule has 5 heteroatoms. The van der Waals surface area contributed by atoms with Gasteiger partial charge < -0.3 is 4.74 Å². The molecule has 1 heterocycles. The highest BCUT2D eigenvalue weighted by Crippen LogP contribution is 2.34. The van der Waals surface area contributed by atoms with E-state index in [1.807, 2.05) is 78.9 Å². The van der Waals surface area contributed by atoms with Gasteiger partial charge in [0, 0.05) is 0 Å². The van der Waals surface area contributed by atoms with Gasteiger partial charge in [0.25, 0.3) is 5.91 Å². The largest absolute Gasteiger partial charge is 0.496 e. The summed E-state index contributed by atoms with van der Waals surface area (Å²) in [4.78, 5) is 20.5. The van der Waals surface area contributed by atoms with Crippen LogP contribution in [-0.2, 0) is 6.54 Å². The van der Waals surface area contributed by atoms with Crippen LogP contribution in [0.5, 0.6) is 5.75 Å². The number of anilines is 1. The number of thiazole rings is 1. The number of benzene rings is 4. The van der Waals surface area contributed by atoms with Crippen molar-refractivity contribution in [2.75, 3.05) is 12.0 Å². The number of hydrogen-bond acceptors (Lipinski definition) is 4. The second-order valence-electron chi connectivity index (χ2n) is 7.74. The summed E-state index contributed by atoms with van der Waals surface area (Å²) >= 11 is 1.53. The second kappa shape index (κ2) is 8.44. The molecular weight excluding hydrogens is 416 g/mol. The van der Waals surface area contributed by atoms with E-state index in [2.05, 4.69) is 13.0 Å².